The molecule has 0 atom stereocenters. The Kier molecular flexibility index (Phi) is 4.82. The van der Waals surface area contributed by atoms with Crippen molar-refractivity contribution in [2.24, 2.45) is 0 Å². The highest BCUT2D eigenvalue weighted by atomic mass is 16.5. The first-order valence-electron chi connectivity index (χ1n) is 6.58. The van der Waals surface area contributed by atoms with E-state index in [-0.39, 0.29) is 5.97 Å². The maximum Gasteiger partial charge on any atom is 0.337 e. The molecule has 0 saturated heterocycles. The normalized spacial score (nSPS) is 10.0. The molecule has 2 rings (SSSR count). The summed E-state index contributed by atoms with van der Waals surface area (Å²) in [5.74, 6) is 1.12. The van der Waals surface area contributed by atoms with Gasteiger partial charge < -0.3 is 14.2 Å². The van der Waals surface area contributed by atoms with Crippen LogP contribution in [-0.2, 0) is 11.3 Å². The van der Waals surface area contributed by atoms with Gasteiger partial charge in [-0.3, -0.25) is 0 Å². The molecule has 0 amide bonds. The summed E-state index contributed by atoms with van der Waals surface area (Å²) in [5.41, 5.74) is 2.63. The Morgan fingerprint density at radius 1 is 1.05 bits per heavy atom. The second kappa shape index (κ2) is 6.79. The van der Waals surface area contributed by atoms with Gasteiger partial charge in [0.1, 0.15) is 18.1 Å². The fraction of sp³-hybridized carbons (Fsp3) is 0.235. The van der Waals surface area contributed by atoms with Gasteiger partial charge in [-0.2, -0.15) is 0 Å². The van der Waals surface area contributed by atoms with Crippen molar-refractivity contribution in [3.63, 3.8) is 0 Å². The Bertz CT molecular complexity index is 617. The quantitative estimate of drug-likeness (QED) is 0.790. The number of benzene rings is 2. The monoisotopic (exact) mass is 286 g/mol. The highest BCUT2D eigenvalue weighted by Crippen LogP contribution is 2.22. The van der Waals surface area contributed by atoms with E-state index in [9.17, 15) is 4.79 Å². The van der Waals surface area contributed by atoms with Crippen LogP contribution in [0.3, 0.4) is 0 Å². The van der Waals surface area contributed by atoms with Crippen LogP contribution in [0.4, 0.5) is 0 Å². The lowest BCUT2D eigenvalue weighted by Gasteiger charge is -2.11. The summed E-state index contributed by atoms with van der Waals surface area (Å²) in [6, 6.07) is 12.8. The highest BCUT2D eigenvalue weighted by Gasteiger charge is 2.07. The molecule has 0 aliphatic rings. The molecule has 0 saturated carbocycles. The van der Waals surface area contributed by atoms with Crippen molar-refractivity contribution in [2.75, 3.05) is 14.2 Å². The molecule has 0 fully saturated rings. The standard InChI is InChI=1S/C17H18O4/c1-12-4-9-16(19-2)14(10-12)11-21-15-7-5-13(6-8-15)17(18)20-3/h4-10H,11H2,1-3H3. The summed E-state index contributed by atoms with van der Waals surface area (Å²) < 4.78 is 15.7. The van der Waals surface area contributed by atoms with Crippen molar-refractivity contribution in [3.8, 4) is 11.5 Å². The highest BCUT2D eigenvalue weighted by molar-refractivity contribution is 5.89. The molecule has 21 heavy (non-hydrogen) atoms. The topological polar surface area (TPSA) is 44.8 Å². The van der Waals surface area contributed by atoms with E-state index in [4.69, 9.17) is 9.47 Å². The first-order valence-corrected chi connectivity index (χ1v) is 6.58. The molecule has 110 valence electrons. The van der Waals surface area contributed by atoms with Crippen molar-refractivity contribution in [1.29, 1.82) is 0 Å². The minimum atomic E-state index is -0.359. The van der Waals surface area contributed by atoms with E-state index < -0.39 is 0 Å². The van der Waals surface area contributed by atoms with Crippen LogP contribution in [0.2, 0.25) is 0 Å². The summed E-state index contributed by atoms with van der Waals surface area (Å²) in [5, 5.41) is 0. The smallest absolute Gasteiger partial charge is 0.337 e. The first-order chi connectivity index (χ1) is 10.1. The van der Waals surface area contributed by atoms with Gasteiger partial charge in [0.2, 0.25) is 0 Å². The maximum atomic E-state index is 11.3. The van der Waals surface area contributed by atoms with Crippen molar-refractivity contribution in [2.45, 2.75) is 13.5 Å². The van der Waals surface area contributed by atoms with E-state index in [1.54, 1.807) is 31.4 Å². The van der Waals surface area contributed by atoms with Crippen LogP contribution in [-0.4, -0.2) is 20.2 Å². The van der Waals surface area contributed by atoms with E-state index in [2.05, 4.69) is 4.74 Å². The molecule has 0 aliphatic carbocycles. The third-order valence-electron chi connectivity index (χ3n) is 3.11. The molecule has 0 spiro atoms. The Morgan fingerprint density at radius 2 is 1.76 bits per heavy atom. The summed E-state index contributed by atoms with van der Waals surface area (Å²) in [6.07, 6.45) is 0. The first kappa shape index (κ1) is 14.9. The van der Waals surface area contributed by atoms with E-state index in [0.717, 1.165) is 16.9 Å². The average molecular weight is 286 g/mol. The largest absolute Gasteiger partial charge is 0.496 e. The van der Waals surface area contributed by atoms with Gasteiger partial charge in [0.15, 0.2) is 0 Å². The molecule has 4 nitrogen and oxygen atoms in total. The molecule has 0 radical (unpaired) electrons. The van der Waals surface area contributed by atoms with Crippen LogP contribution in [0.5, 0.6) is 11.5 Å². The van der Waals surface area contributed by atoms with E-state index in [1.165, 1.54) is 7.11 Å². The molecule has 0 bridgehead atoms. The predicted molar refractivity (Wildman–Crippen MR) is 79.8 cm³/mol. The van der Waals surface area contributed by atoms with Gasteiger partial charge in [-0.1, -0.05) is 11.6 Å². The lowest BCUT2D eigenvalue weighted by molar-refractivity contribution is 0.0600. The summed E-state index contributed by atoms with van der Waals surface area (Å²) in [6.45, 7) is 2.43. The fourth-order valence-electron chi connectivity index (χ4n) is 1.99. The summed E-state index contributed by atoms with van der Waals surface area (Å²) in [7, 11) is 3.00. The lowest BCUT2D eigenvalue weighted by Crippen LogP contribution is -2.02. The second-order valence-electron chi connectivity index (χ2n) is 4.62. The molecule has 0 heterocycles. The lowest BCUT2D eigenvalue weighted by atomic mass is 10.1. The van der Waals surface area contributed by atoms with E-state index in [0.29, 0.717) is 17.9 Å². The number of carbonyl (C=O) groups excluding carboxylic acids is 1. The van der Waals surface area contributed by atoms with Crippen LogP contribution in [0.15, 0.2) is 42.5 Å². The molecule has 0 aromatic heterocycles. The number of aryl methyl sites for hydroxylation is 1. The van der Waals surface area contributed by atoms with Crippen molar-refractivity contribution >= 4 is 5.97 Å². The van der Waals surface area contributed by atoms with Gasteiger partial charge in [-0.05, 0) is 43.3 Å². The van der Waals surface area contributed by atoms with Crippen LogP contribution in [0.25, 0.3) is 0 Å². The third-order valence-corrected chi connectivity index (χ3v) is 3.11. The van der Waals surface area contributed by atoms with Crippen LogP contribution >= 0.6 is 0 Å². The van der Waals surface area contributed by atoms with Gasteiger partial charge in [-0.15, -0.1) is 0 Å². The van der Waals surface area contributed by atoms with Crippen LogP contribution in [0, 0.1) is 6.92 Å². The van der Waals surface area contributed by atoms with Gasteiger partial charge in [0.05, 0.1) is 19.8 Å². The number of carbonyl (C=O) groups is 1. The van der Waals surface area contributed by atoms with Crippen molar-refractivity contribution in [1.82, 2.24) is 0 Å². The third kappa shape index (κ3) is 3.75. The number of esters is 1. The zero-order chi connectivity index (χ0) is 15.2. The zero-order valence-electron chi connectivity index (χ0n) is 12.4. The minimum Gasteiger partial charge on any atom is -0.496 e. The Hall–Kier alpha value is -2.49. The zero-order valence-corrected chi connectivity index (χ0v) is 12.4. The molecule has 0 unspecified atom stereocenters. The second-order valence-corrected chi connectivity index (χ2v) is 4.62. The van der Waals surface area contributed by atoms with Crippen LogP contribution < -0.4 is 9.47 Å². The Balaban J connectivity index is 2.06. The summed E-state index contributed by atoms with van der Waals surface area (Å²) >= 11 is 0. The average Bonchev–Trinajstić information content (AvgIpc) is 2.52. The van der Waals surface area contributed by atoms with E-state index in [1.807, 2.05) is 25.1 Å². The fourth-order valence-corrected chi connectivity index (χ4v) is 1.99. The van der Waals surface area contributed by atoms with Gasteiger partial charge >= 0.3 is 5.97 Å². The molecular weight excluding hydrogens is 268 g/mol. The Labute approximate surface area is 124 Å². The van der Waals surface area contributed by atoms with Gasteiger partial charge in [-0.25, -0.2) is 4.79 Å². The van der Waals surface area contributed by atoms with Crippen molar-refractivity contribution < 1.29 is 19.0 Å². The molecule has 2 aromatic rings. The van der Waals surface area contributed by atoms with Gasteiger partial charge in [0.25, 0.3) is 0 Å². The molecule has 2 aromatic carbocycles. The van der Waals surface area contributed by atoms with Gasteiger partial charge in [0, 0.05) is 5.56 Å². The number of hydrogen-bond donors (Lipinski definition) is 0. The minimum absolute atomic E-state index is 0.359. The molecule has 0 aliphatic heterocycles. The number of hydrogen-bond acceptors (Lipinski definition) is 4. The van der Waals surface area contributed by atoms with E-state index >= 15 is 0 Å². The Morgan fingerprint density at radius 3 is 2.38 bits per heavy atom. The summed E-state index contributed by atoms with van der Waals surface area (Å²) in [4.78, 5) is 11.3. The van der Waals surface area contributed by atoms with Crippen LogP contribution in [0.1, 0.15) is 21.5 Å². The number of rotatable bonds is 5. The molecule has 4 heteroatoms. The SMILES string of the molecule is COC(=O)c1ccc(OCc2cc(C)ccc2OC)cc1. The molecular formula is C17H18O4. The predicted octanol–water partition coefficient (Wildman–Crippen LogP) is 3.37. The number of methoxy groups -OCH3 is 2. The maximum absolute atomic E-state index is 11.3. The molecule has 0 N–H and O–H groups in total. The van der Waals surface area contributed by atoms with Crippen molar-refractivity contribution in [3.05, 3.63) is 59.2 Å². The number of ether oxygens (including phenoxy) is 3.